The molecular weight excluding hydrogens is 259 g/mol. The van der Waals surface area contributed by atoms with Crippen LogP contribution in [-0.4, -0.2) is 16.1 Å². The highest BCUT2D eigenvalue weighted by atomic mass is 35.5. The van der Waals surface area contributed by atoms with E-state index in [0.717, 1.165) is 0 Å². The van der Waals surface area contributed by atoms with Crippen molar-refractivity contribution < 1.29 is 14.3 Å². The van der Waals surface area contributed by atoms with Crippen LogP contribution in [0.2, 0.25) is 5.02 Å². The largest absolute Gasteiger partial charge is 0.478 e. The Morgan fingerprint density at radius 2 is 2.17 bits per heavy atom. The third-order valence-electron chi connectivity index (χ3n) is 2.22. The fourth-order valence-electron chi connectivity index (χ4n) is 1.38. The molecule has 0 aliphatic carbocycles. The van der Waals surface area contributed by atoms with Gasteiger partial charge in [-0.25, -0.2) is 14.2 Å². The zero-order chi connectivity index (χ0) is 13.1. The van der Waals surface area contributed by atoms with Gasteiger partial charge in [0.05, 0.1) is 16.3 Å². The molecule has 0 radical (unpaired) electrons. The maximum Gasteiger partial charge on any atom is 0.335 e. The van der Waals surface area contributed by atoms with E-state index in [2.05, 4.69) is 10.3 Å². The van der Waals surface area contributed by atoms with Crippen molar-refractivity contribution in [2.45, 2.75) is 0 Å². The van der Waals surface area contributed by atoms with Crippen LogP contribution < -0.4 is 5.32 Å². The topological polar surface area (TPSA) is 62.2 Å². The molecule has 0 saturated carbocycles. The van der Waals surface area contributed by atoms with Crippen LogP contribution in [0.5, 0.6) is 0 Å². The lowest BCUT2D eigenvalue weighted by Gasteiger charge is -2.08. The summed E-state index contributed by atoms with van der Waals surface area (Å²) in [6.45, 7) is 0. The number of halogens is 2. The minimum Gasteiger partial charge on any atom is -0.478 e. The Balaban J connectivity index is 2.34. The second-order valence-electron chi connectivity index (χ2n) is 3.46. The summed E-state index contributed by atoms with van der Waals surface area (Å²) in [5.41, 5.74) is 0.120. The number of anilines is 2. The van der Waals surface area contributed by atoms with E-state index in [9.17, 15) is 9.18 Å². The molecule has 1 aromatic carbocycles. The Hall–Kier alpha value is -2.14. The quantitative estimate of drug-likeness (QED) is 0.895. The number of aromatic nitrogens is 1. The molecule has 0 fully saturated rings. The number of benzene rings is 1. The third kappa shape index (κ3) is 2.57. The summed E-state index contributed by atoms with van der Waals surface area (Å²) in [6, 6.07) is 6.88. The molecule has 0 unspecified atom stereocenters. The van der Waals surface area contributed by atoms with E-state index >= 15 is 0 Å². The molecule has 6 heteroatoms. The molecule has 2 aromatic rings. The van der Waals surface area contributed by atoms with Crippen LogP contribution in [0.1, 0.15) is 10.4 Å². The summed E-state index contributed by atoms with van der Waals surface area (Å²) in [6.07, 6.45) is 1.32. The van der Waals surface area contributed by atoms with Gasteiger partial charge >= 0.3 is 5.97 Å². The number of aromatic carboxylic acids is 1. The van der Waals surface area contributed by atoms with Crippen LogP contribution in [0.25, 0.3) is 0 Å². The first kappa shape index (κ1) is 12.3. The van der Waals surface area contributed by atoms with Crippen molar-refractivity contribution in [1.82, 2.24) is 4.98 Å². The number of hydrogen-bond acceptors (Lipinski definition) is 3. The lowest BCUT2D eigenvalue weighted by molar-refractivity contribution is 0.0697. The number of carboxylic acid groups (broad SMARTS) is 1. The molecule has 0 atom stereocenters. The van der Waals surface area contributed by atoms with Crippen molar-refractivity contribution in [2.24, 2.45) is 0 Å². The number of hydrogen-bond donors (Lipinski definition) is 2. The van der Waals surface area contributed by atoms with Crippen molar-refractivity contribution in [2.75, 3.05) is 5.32 Å². The Kier molecular flexibility index (Phi) is 3.43. The van der Waals surface area contributed by atoms with E-state index in [1.165, 1.54) is 36.5 Å². The number of pyridine rings is 1. The van der Waals surface area contributed by atoms with Gasteiger partial charge in [-0.15, -0.1) is 0 Å². The lowest BCUT2D eigenvalue weighted by Crippen LogP contribution is -2.01. The van der Waals surface area contributed by atoms with Gasteiger partial charge in [0.2, 0.25) is 0 Å². The first-order valence-corrected chi connectivity index (χ1v) is 5.36. The minimum atomic E-state index is -1.08. The molecule has 1 aromatic heterocycles. The lowest BCUT2D eigenvalue weighted by atomic mass is 10.2. The van der Waals surface area contributed by atoms with E-state index in [1.54, 1.807) is 0 Å². The van der Waals surface area contributed by atoms with E-state index in [4.69, 9.17) is 16.7 Å². The molecule has 0 aliphatic heterocycles. The van der Waals surface area contributed by atoms with Crippen molar-refractivity contribution >= 4 is 29.1 Å². The SMILES string of the molecule is O=C(O)c1ccnc(Nc2c(F)cccc2Cl)c1. The van der Waals surface area contributed by atoms with Crippen molar-refractivity contribution in [3.63, 3.8) is 0 Å². The number of rotatable bonds is 3. The van der Waals surface area contributed by atoms with Gasteiger partial charge in [0.1, 0.15) is 11.6 Å². The minimum absolute atomic E-state index is 0.0555. The van der Waals surface area contributed by atoms with Crippen LogP contribution >= 0.6 is 11.6 Å². The maximum atomic E-state index is 13.5. The summed E-state index contributed by atoms with van der Waals surface area (Å²) in [5, 5.41) is 11.7. The summed E-state index contributed by atoms with van der Waals surface area (Å²) in [5.74, 6) is -1.41. The molecule has 0 amide bonds. The van der Waals surface area contributed by atoms with Crippen LogP contribution in [0.15, 0.2) is 36.5 Å². The summed E-state index contributed by atoms with van der Waals surface area (Å²) >= 11 is 5.84. The summed E-state index contributed by atoms with van der Waals surface area (Å²) in [7, 11) is 0. The zero-order valence-electron chi connectivity index (χ0n) is 9.02. The van der Waals surface area contributed by atoms with Crippen LogP contribution in [0.4, 0.5) is 15.9 Å². The second kappa shape index (κ2) is 5.01. The first-order chi connectivity index (χ1) is 8.58. The van der Waals surface area contributed by atoms with Crippen molar-refractivity contribution in [3.8, 4) is 0 Å². The van der Waals surface area contributed by atoms with Gasteiger partial charge in [0.15, 0.2) is 0 Å². The molecule has 2 rings (SSSR count). The molecule has 18 heavy (non-hydrogen) atoms. The molecule has 0 saturated heterocycles. The Labute approximate surface area is 107 Å². The predicted octanol–water partition coefficient (Wildman–Crippen LogP) is 3.32. The standard InChI is InChI=1S/C12H8ClFN2O2/c13-8-2-1-3-9(14)11(8)16-10-6-7(12(17)18)4-5-15-10/h1-6H,(H,15,16)(H,17,18). The smallest absolute Gasteiger partial charge is 0.335 e. The second-order valence-corrected chi connectivity index (χ2v) is 3.86. The van der Waals surface area contributed by atoms with Gasteiger partial charge in [-0.1, -0.05) is 17.7 Å². The van der Waals surface area contributed by atoms with Crippen LogP contribution in [-0.2, 0) is 0 Å². The van der Waals surface area contributed by atoms with Gasteiger partial charge in [-0.05, 0) is 24.3 Å². The average molecular weight is 267 g/mol. The summed E-state index contributed by atoms with van der Waals surface area (Å²) < 4.78 is 13.5. The Morgan fingerprint density at radius 3 is 2.83 bits per heavy atom. The van der Waals surface area contributed by atoms with Gasteiger partial charge in [-0.2, -0.15) is 0 Å². The van der Waals surface area contributed by atoms with E-state index < -0.39 is 11.8 Å². The van der Waals surface area contributed by atoms with E-state index in [1.807, 2.05) is 0 Å². The predicted molar refractivity (Wildman–Crippen MR) is 65.9 cm³/mol. The third-order valence-corrected chi connectivity index (χ3v) is 2.54. The Bertz CT molecular complexity index is 584. The normalized spacial score (nSPS) is 10.1. The zero-order valence-corrected chi connectivity index (χ0v) is 9.78. The van der Waals surface area contributed by atoms with Gasteiger partial charge < -0.3 is 10.4 Å². The fourth-order valence-corrected chi connectivity index (χ4v) is 1.59. The fraction of sp³-hybridized carbons (Fsp3) is 0. The molecule has 0 bridgehead atoms. The van der Waals surface area contributed by atoms with Gasteiger partial charge in [0, 0.05) is 6.20 Å². The number of carbonyl (C=O) groups is 1. The number of carboxylic acids is 1. The van der Waals surface area contributed by atoms with E-state index in [-0.39, 0.29) is 22.1 Å². The average Bonchev–Trinajstić information content (AvgIpc) is 2.34. The van der Waals surface area contributed by atoms with Crippen molar-refractivity contribution in [3.05, 3.63) is 52.9 Å². The highest BCUT2D eigenvalue weighted by Gasteiger charge is 2.09. The molecule has 2 N–H and O–H groups in total. The van der Waals surface area contributed by atoms with E-state index in [0.29, 0.717) is 0 Å². The monoisotopic (exact) mass is 266 g/mol. The molecule has 4 nitrogen and oxygen atoms in total. The maximum absolute atomic E-state index is 13.5. The van der Waals surface area contributed by atoms with Gasteiger partial charge in [-0.3, -0.25) is 0 Å². The molecular formula is C12H8ClFN2O2. The highest BCUT2D eigenvalue weighted by molar-refractivity contribution is 6.33. The first-order valence-electron chi connectivity index (χ1n) is 4.98. The van der Waals surface area contributed by atoms with Crippen molar-refractivity contribution in [1.29, 1.82) is 0 Å². The number of nitrogens with zero attached hydrogens (tertiary/aromatic N) is 1. The molecule has 0 spiro atoms. The highest BCUT2D eigenvalue weighted by Crippen LogP contribution is 2.27. The number of nitrogens with one attached hydrogen (secondary N) is 1. The van der Waals surface area contributed by atoms with Gasteiger partial charge in [0.25, 0.3) is 0 Å². The van der Waals surface area contributed by atoms with Crippen LogP contribution in [0.3, 0.4) is 0 Å². The summed E-state index contributed by atoms with van der Waals surface area (Å²) in [4.78, 5) is 14.7. The molecule has 1 heterocycles. The number of para-hydroxylation sites is 1. The molecule has 0 aliphatic rings. The Morgan fingerprint density at radius 1 is 1.39 bits per heavy atom. The van der Waals surface area contributed by atoms with Crippen LogP contribution in [0, 0.1) is 5.82 Å². The molecule has 92 valence electrons.